The van der Waals surface area contributed by atoms with Crippen LogP contribution in [0.1, 0.15) is 5.56 Å². The van der Waals surface area contributed by atoms with Crippen LogP contribution in [0.25, 0.3) is 0 Å². The summed E-state index contributed by atoms with van der Waals surface area (Å²) < 4.78 is 26.2. The number of aromatic nitrogens is 3. The first-order valence-electron chi connectivity index (χ1n) is 8.64. The lowest BCUT2D eigenvalue weighted by Gasteiger charge is -2.14. The number of sulfone groups is 1. The molecule has 1 aromatic carbocycles. The van der Waals surface area contributed by atoms with E-state index in [0.717, 1.165) is 11.0 Å². The molecule has 1 atom stereocenters. The van der Waals surface area contributed by atoms with Crippen LogP contribution >= 0.6 is 12.6 Å². The van der Waals surface area contributed by atoms with Gasteiger partial charge in [-0.25, -0.2) is 18.2 Å². The number of nitrogens with zero attached hydrogens (tertiary/aromatic N) is 4. The van der Waals surface area contributed by atoms with Crippen molar-refractivity contribution in [3.63, 3.8) is 0 Å². The molecule has 0 radical (unpaired) electrons. The van der Waals surface area contributed by atoms with Gasteiger partial charge >= 0.3 is 12.0 Å². The monoisotopic (exact) mass is 455 g/mol. The maximum Gasteiger partial charge on any atom is 0.345 e. The zero-order valence-electron chi connectivity index (χ0n) is 16.2. The second-order valence-corrected chi connectivity index (χ2v) is 8.70. The zero-order valence-corrected chi connectivity index (χ0v) is 17.9. The van der Waals surface area contributed by atoms with Gasteiger partial charge in [-0.3, -0.25) is 9.59 Å². The predicted molar refractivity (Wildman–Crippen MR) is 108 cm³/mol. The van der Waals surface area contributed by atoms with Crippen molar-refractivity contribution >= 4 is 40.4 Å². The highest BCUT2D eigenvalue weighted by Crippen LogP contribution is 2.19. The first-order valence-corrected chi connectivity index (χ1v) is 10.8. The molecular formula is C17H21N5O6S2. The van der Waals surface area contributed by atoms with Gasteiger partial charge in [0.15, 0.2) is 0 Å². The zero-order chi connectivity index (χ0) is 22.5. The van der Waals surface area contributed by atoms with E-state index in [9.17, 15) is 22.8 Å². The Balaban J connectivity index is 2.15. The summed E-state index contributed by atoms with van der Waals surface area (Å²) in [6.07, 6.45) is 1.27. The fourth-order valence-corrected chi connectivity index (χ4v) is 3.79. The molecule has 0 saturated carbocycles. The van der Waals surface area contributed by atoms with Crippen LogP contribution in [0.4, 0.5) is 4.79 Å². The maximum atomic E-state index is 12.7. The lowest BCUT2D eigenvalue weighted by molar-refractivity contribution is -0.138. The third-order valence-corrected chi connectivity index (χ3v) is 6.01. The number of rotatable bonds is 8. The second kappa shape index (κ2) is 9.71. The number of carboxylic acid groups (broad SMARTS) is 1. The average Bonchev–Trinajstić information content (AvgIpc) is 3.20. The van der Waals surface area contributed by atoms with E-state index < -0.39 is 45.4 Å². The number of carbonyl (C=O) groups is 3. The van der Waals surface area contributed by atoms with E-state index in [1.807, 2.05) is 0 Å². The van der Waals surface area contributed by atoms with Gasteiger partial charge in [0.2, 0.25) is 15.7 Å². The first kappa shape index (κ1) is 23.3. The number of aliphatic carboxylic acids is 1. The summed E-state index contributed by atoms with van der Waals surface area (Å²) in [4.78, 5) is 39.3. The summed E-state index contributed by atoms with van der Waals surface area (Å²) in [6, 6.07) is 5.23. The number of thiol groups is 1. The van der Waals surface area contributed by atoms with E-state index in [1.54, 1.807) is 0 Å². The van der Waals surface area contributed by atoms with Gasteiger partial charge in [0.25, 0.3) is 5.16 Å². The lowest BCUT2D eigenvalue weighted by atomic mass is 10.0. The summed E-state index contributed by atoms with van der Waals surface area (Å²) in [7, 11) is -1.04. The smallest absolute Gasteiger partial charge is 0.345 e. The molecule has 0 aliphatic heterocycles. The number of amides is 2. The van der Waals surface area contributed by atoms with Crippen molar-refractivity contribution in [1.29, 1.82) is 0 Å². The van der Waals surface area contributed by atoms with Gasteiger partial charge in [-0.2, -0.15) is 17.3 Å². The molecule has 162 valence electrons. The van der Waals surface area contributed by atoms with Crippen LogP contribution in [0.2, 0.25) is 0 Å². The summed E-state index contributed by atoms with van der Waals surface area (Å²) in [6.45, 7) is -0.490. The Morgan fingerprint density at radius 2 is 1.87 bits per heavy atom. The van der Waals surface area contributed by atoms with Crippen LogP contribution in [0.3, 0.4) is 0 Å². The topological polar surface area (TPSA) is 152 Å². The summed E-state index contributed by atoms with van der Waals surface area (Å²) in [5.74, 6) is -2.00. The van der Waals surface area contributed by atoms with Crippen LogP contribution in [-0.2, 0) is 25.8 Å². The summed E-state index contributed by atoms with van der Waals surface area (Å²) in [5, 5.41) is 14.2. The first-order chi connectivity index (χ1) is 14.1. The van der Waals surface area contributed by atoms with E-state index >= 15 is 0 Å². The molecule has 0 saturated heterocycles. The molecule has 13 heteroatoms. The molecule has 0 spiro atoms. The van der Waals surface area contributed by atoms with E-state index in [-0.39, 0.29) is 17.1 Å². The second-order valence-electron chi connectivity index (χ2n) is 6.49. The molecule has 2 aromatic rings. The fourth-order valence-electron chi connectivity index (χ4n) is 2.41. The molecule has 1 unspecified atom stereocenters. The minimum Gasteiger partial charge on any atom is -0.480 e. The Morgan fingerprint density at radius 3 is 2.40 bits per heavy atom. The third-order valence-electron chi connectivity index (χ3n) is 4.01. The fraction of sp³-hybridized carbons (Fsp3) is 0.353. The van der Waals surface area contributed by atoms with Crippen molar-refractivity contribution in [3.8, 4) is 0 Å². The van der Waals surface area contributed by atoms with Gasteiger partial charge < -0.3 is 15.3 Å². The van der Waals surface area contributed by atoms with Crippen molar-refractivity contribution in [2.45, 2.75) is 16.5 Å². The van der Waals surface area contributed by atoms with E-state index in [1.165, 1.54) is 43.3 Å². The molecule has 0 fully saturated rings. The quantitative estimate of drug-likeness (QED) is 0.468. The molecule has 2 N–H and O–H groups in total. The molecular weight excluding hydrogens is 434 g/mol. The van der Waals surface area contributed by atoms with Crippen molar-refractivity contribution in [1.82, 2.24) is 25.0 Å². The highest BCUT2D eigenvalue weighted by Gasteiger charge is 2.25. The highest BCUT2D eigenvalue weighted by atomic mass is 32.2. The molecule has 11 nitrogen and oxygen atoms in total. The Kier molecular flexibility index (Phi) is 7.56. The Bertz CT molecular complexity index is 1030. The van der Waals surface area contributed by atoms with Crippen molar-refractivity contribution < 1.29 is 27.9 Å². The van der Waals surface area contributed by atoms with Gasteiger partial charge in [-0.1, -0.05) is 12.1 Å². The Hall–Kier alpha value is -2.93. The Morgan fingerprint density at radius 1 is 1.23 bits per heavy atom. The van der Waals surface area contributed by atoms with Gasteiger partial charge in [-0.15, -0.1) is 5.10 Å². The molecule has 30 heavy (non-hydrogen) atoms. The van der Waals surface area contributed by atoms with Gasteiger partial charge in [0, 0.05) is 19.8 Å². The van der Waals surface area contributed by atoms with Gasteiger partial charge in [0.1, 0.15) is 12.9 Å². The minimum atomic E-state index is -4.04. The van der Waals surface area contributed by atoms with Crippen molar-refractivity contribution in [2.24, 2.45) is 5.92 Å². The number of benzene rings is 1. The maximum absolute atomic E-state index is 12.7. The molecule has 2 amide bonds. The van der Waals surface area contributed by atoms with Gasteiger partial charge in [0.05, 0.1) is 10.8 Å². The standard InChI is InChI=1S/C17H21N5O6S2/c1-21(2)17(26)22-10-19-16(20-22)30(27,28)13-5-3-11(4-6-13)7-12(9-29)15(25)18-8-14(23)24/h3-6,10,12,29H,7-9H2,1-2H3,(H,18,25)(H,23,24). The molecule has 0 aliphatic rings. The Labute approximate surface area is 178 Å². The highest BCUT2D eigenvalue weighted by molar-refractivity contribution is 7.91. The number of carbonyl (C=O) groups excluding carboxylic acids is 2. The number of hydrogen-bond donors (Lipinski definition) is 3. The molecule has 2 rings (SSSR count). The number of carboxylic acids is 1. The van der Waals surface area contributed by atoms with Crippen molar-refractivity contribution in [2.75, 3.05) is 26.4 Å². The largest absolute Gasteiger partial charge is 0.480 e. The van der Waals surface area contributed by atoms with E-state index in [0.29, 0.717) is 5.56 Å². The minimum absolute atomic E-state index is 0.0703. The SMILES string of the molecule is CN(C)C(=O)n1cnc(S(=O)(=O)c2ccc(CC(CS)C(=O)NCC(=O)O)cc2)n1. The number of hydrogen-bond acceptors (Lipinski definition) is 8. The van der Waals surface area contributed by atoms with Gasteiger partial charge in [-0.05, 0) is 24.1 Å². The van der Waals surface area contributed by atoms with Crippen LogP contribution in [0.5, 0.6) is 0 Å². The molecule has 1 aromatic heterocycles. The molecule has 1 heterocycles. The summed E-state index contributed by atoms with van der Waals surface area (Å²) >= 11 is 4.12. The lowest BCUT2D eigenvalue weighted by Crippen LogP contribution is -2.36. The van der Waals surface area contributed by atoms with Crippen LogP contribution in [0, 0.1) is 5.92 Å². The van der Waals surface area contributed by atoms with Crippen LogP contribution in [-0.4, -0.2) is 77.5 Å². The summed E-state index contributed by atoms with van der Waals surface area (Å²) in [5.41, 5.74) is 0.666. The van der Waals surface area contributed by atoms with Crippen molar-refractivity contribution in [3.05, 3.63) is 36.2 Å². The predicted octanol–water partition coefficient (Wildman–Crippen LogP) is -0.0701. The average molecular weight is 456 g/mol. The van der Waals surface area contributed by atoms with Crippen LogP contribution < -0.4 is 5.32 Å². The normalized spacial score (nSPS) is 12.2. The molecule has 0 bridgehead atoms. The van der Waals surface area contributed by atoms with Crippen LogP contribution in [0.15, 0.2) is 40.6 Å². The third kappa shape index (κ3) is 5.57. The number of nitrogens with one attached hydrogen (secondary N) is 1. The van der Waals surface area contributed by atoms with E-state index in [4.69, 9.17) is 5.11 Å². The molecule has 0 aliphatic carbocycles. The van der Waals surface area contributed by atoms with E-state index in [2.05, 4.69) is 28.0 Å².